The molecule has 2 aromatic rings. The minimum absolute atomic E-state index is 0.0612. The minimum Gasteiger partial charge on any atom is -0.353 e. The number of rotatable bonds is 5. The third-order valence-corrected chi connectivity index (χ3v) is 5.55. The number of hydrogen-bond donors (Lipinski definition) is 2. The van der Waals surface area contributed by atoms with Gasteiger partial charge in [0.2, 0.25) is 0 Å². The predicted octanol–water partition coefficient (Wildman–Crippen LogP) is 3.31. The van der Waals surface area contributed by atoms with Gasteiger partial charge in [-0.05, 0) is 75.2 Å². The average Bonchev–Trinajstić information content (AvgIpc) is 2.91. The number of carbonyl (C=O) groups excluding carboxylic acids is 2. The van der Waals surface area contributed by atoms with E-state index in [0.29, 0.717) is 12.2 Å². The van der Waals surface area contributed by atoms with Crippen LogP contribution in [0.5, 0.6) is 0 Å². The molecule has 1 unspecified atom stereocenters. The lowest BCUT2D eigenvalue weighted by Crippen LogP contribution is -2.42. The summed E-state index contributed by atoms with van der Waals surface area (Å²) in [7, 11) is 2.02. The van der Waals surface area contributed by atoms with E-state index in [0.717, 1.165) is 29.9 Å². The van der Waals surface area contributed by atoms with Crippen molar-refractivity contribution in [3.63, 3.8) is 0 Å². The van der Waals surface area contributed by atoms with Crippen LogP contribution in [0.4, 0.5) is 5.69 Å². The summed E-state index contributed by atoms with van der Waals surface area (Å²) in [4.78, 5) is 27.3. The number of amides is 2. The average molecular weight is 397 g/mol. The van der Waals surface area contributed by atoms with Crippen LogP contribution in [0.1, 0.15) is 48.5 Å². The van der Waals surface area contributed by atoms with Crippen molar-refractivity contribution in [2.45, 2.75) is 45.6 Å². The van der Waals surface area contributed by atoms with E-state index in [1.54, 1.807) is 0 Å². The van der Waals surface area contributed by atoms with Gasteiger partial charge in [0.05, 0.1) is 6.04 Å². The third-order valence-electron chi connectivity index (χ3n) is 5.55. The lowest BCUT2D eigenvalue weighted by Gasteiger charge is -2.31. The van der Waals surface area contributed by atoms with Gasteiger partial charge in [-0.1, -0.05) is 18.9 Å². The molecule has 0 aliphatic carbocycles. The van der Waals surface area contributed by atoms with Gasteiger partial charge in [0.1, 0.15) is 0 Å². The van der Waals surface area contributed by atoms with Gasteiger partial charge in [-0.2, -0.15) is 0 Å². The molecule has 0 saturated carbocycles. The Balaban J connectivity index is 1.65. The summed E-state index contributed by atoms with van der Waals surface area (Å²) in [5.74, 6) is -1.23. The molecule has 6 heteroatoms. The van der Waals surface area contributed by atoms with E-state index in [4.69, 9.17) is 0 Å². The van der Waals surface area contributed by atoms with E-state index in [2.05, 4.69) is 26.2 Å². The van der Waals surface area contributed by atoms with Crippen LogP contribution < -0.4 is 10.6 Å². The van der Waals surface area contributed by atoms with E-state index in [1.165, 1.54) is 25.7 Å². The number of nitrogens with zero attached hydrogens (tertiary/aromatic N) is 2. The van der Waals surface area contributed by atoms with Gasteiger partial charge in [-0.3, -0.25) is 14.5 Å². The van der Waals surface area contributed by atoms with E-state index in [9.17, 15) is 9.59 Å². The van der Waals surface area contributed by atoms with Crippen LogP contribution in [0.3, 0.4) is 0 Å². The van der Waals surface area contributed by atoms with Crippen molar-refractivity contribution >= 4 is 17.5 Å². The van der Waals surface area contributed by atoms with Gasteiger partial charge < -0.3 is 15.2 Å². The first-order chi connectivity index (χ1) is 13.9. The molecule has 1 aromatic carbocycles. The van der Waals surface area contributed by atoms with Gasteiger partial charge in [0.25, 0.3) is 0 Å². The van der Waals surface area contributed by atoms with Gasteiger partial charge in [0, 0.05) is 31.2 Å². The summed E-state index contributed by atoms with van der Waals surface area (Å²) < 4.78 is 2.09. The monoisotopic (exact) mass is 396 g/mol. The second-order valence-electron chi connectivity index (χ2n) is 8.05. The van der Waals surface area contributed by atoms with Gasteiger partial charge in [-0.25, -0.2) is 0 Å². The van der Waals surface area contributed by atoms with Crippen molar-refractivity contribution in [1.29, 1.82) is 0 Å². The number of carbonyl (C=O) groups is 2. The van der Waals surface area contributed by atoms with Crippen LogP contribution in [-0.4, -0.2) is 40.9 Å². The number of benzene rings is 1. The number of anilines is 1. The summed E-state index contributed by atoms with van der Waals surface area (Å²) in [6.45, 7) is 6.38. The zero-order valence-electron chi connectivity index (χ0n) is 17.7. The molecule has 1 fully saturated rings. The molecule has 6 nitrogen and oxygen atoms in total. The van der Waals surface area contributed by atoms with E-state index >= 15 is 0 Å². The summed E-state index contributed by atoms with van der Waals surface area (Å²) in [5, 5.41) is 5.57. The molecule has 156 valence electrons. The Morgan fingerprint density at radius 2 is 1.66 bits per heavy atom. The molecule has 2 N–H and O–H groups in total. The first kappa shape index (κ1) is 21.1. The number of aromatic nitrogens is 1. The Bertz CT molecular complexity index is 830. The highest BCUT2D eigenvalue weighted by molar-refractivity contribution is 6.39. The molecule has 3 rings (SSSR count). The normalized spacial score (nSPS) is 16.1. The summed E-state index contributed by atoms with van der Waals surface area (Å²) >= 11 is 0. The van der Waals surface area contributed by atoms with Crippen LogP contribution in [0.25, 0.3) is 0 Å². The Hall–Kier alpha value is -2.60. The predicted molar refractivity (Wildman–Crippen MR) is 116 cm³/mol. The maximum Gasteiger partial charge on any atom is 0.313 e. The highest BCUT2D eigenvalue weighted by atomic mass is 16.2. The van der Waals surface area contributed by atoms with Crippen LogP contribution in [0, 0.1) is 13.8 Å². The second-order valence-corrected chi connectivity index (χ2v) is 8.05. The molecule has 1 atom stereocenters. The quantitative estimate of drug-likeness (QED) is 0.762. The van der Waals surface area contributed by atoms with Gasteiger partial charge in [0.15, 0.2) is 0 Å². The van der Waals surface area contributed by atoms with Crippen molar-refractivity contribution in [3.05, 3.63) is 53.3 Å². The van der Waals surface area contributed by atoms with E-state index < -0.39 is 11.8 Å². The Kier molecular flexibility index (Phi) is 7.09. The highest BCUT2D eigenvalue weighted by Gasteiger charge is 2.25. The van der Waals surface area contributed by atoms with Crippen LogP contribution in [-0.2, 0) is 16.6 Å². The van der Waals surface area contributed by atoms with Crippen LogP contribution in [0.15, 0.2) is 36.5 Å². The van der Waals surface area contributed by atoms with E-state index in [1.807, 2.05) is 51.4 Å². The first-order valence-corrected chi connectivity index (χ1v) is 10.5. The summed E-state index contributed by atoms with van der Waals surface area (Å²) in [5.41, 5.74) is 3.90. The summed E-state index contributed by atoms with van der Waals surface area (Å²) in [6.07, 6.45) is 6.86. The Morgan fingerprint density at radius 1 is 1.00 bits per heavy atom. The topological polar surface area (TPSA) is 66.4 Å². The number of nitrogens with one attached hydrogen (secondary N) is 2. The molecular formula is C23H32N4O2. The molecule has 0 spiro atoms. The standard InChI is InChI=1S/C23H32N4O2/c1-17-13-18(2)15-19(14-17)25-23(29)22(28)24-16-21(20-9-8-10-26(20)3)27-11-6-4-5-7-12-27/h8-10,13-15,21H,4-7,11-12,16H2,1-3H3,(H,24,28)(H,25,29). The van der Waals surface area contributed by atoms with Gasteiger partial charge >= 0.3 is 11.8 Å². The fraction of sp³-hybridized carbons (Fsp3) is 0.478. The van der Waals surface area contributed by atoms with Gasteiger partial charge in [-0.15, -0.1) is 0 Å². The Morgan fingerprint density at radius 3 is 2.24 bits per heavy atom. The zero-order chi connectivity index (χ0) is 20.8. The lowest BCUT2D eigenvalue weighted by molar-refractivity contribution is -0.136. The fourth-order valence-corrected chi connectivity index (χ4v) is 4.15. The lowest BCUT2D eigenvalue weighted by atomic mass is 10.1. The molecule has 1 saturated heterocycles. The molecular weight excluding hydrogens is 364 g/mol. The van der Waals surface area contributed by atoms with Crippen molar-refractivity contribution in [1.82, 2.24) is 14.8 Å². The van der Waals surface area contributed by atoms with Crippen molar-refractivity contribution in [2.24, 2.45) is 7.05 Å². The molecule has 0 radical (unpaired) electrons. The number of hydrogen-bond acceptors (Lipinski definition) is 3. The third kappa shape index (κ3) is 5.70. The van der Waals surface area contributed by atoms with E-state index in [-0.39, 0.29) is 6.04 Å². The molecule has 1 aliphatic rings. The fourth-order valence-electron chi connectivity index (χ4n) is 4.15. The molecule has 29 heavy (non-hydrogen) atoms. The zero-order valence-corrected chi connectivity index (χ0v) is 17.7. The van der Waals surface area contributed by atoms with Crippen molar-refractivity contribution in [3.8, 4) is 0 Å². The van der Waals surface area contributed by atoms with Crippen molar-refractivity contribution in [2.75, 3.05) is 25.0 Å². The maximum absolute atomic E-state index is 12.5. The molecule has 2 amide bonds. The largest absolute Gasteiger partial charge is 0.353 e. The number of aryl methyl sites for hydroxylation is 3. The van der Waals surface area contributed by atoms with Crippen LogP contribution >= 0.6 is 0 Å². The molecule has 2 heterocycles. The first-order valence-electron chi connectivity index (χ1n) is 10.5. The Labute approximate surface area is 173 Å². The molecule has 0 bridgehead atoms. The SMILES string of the molecule is Cc1cc(C)cc(NC(=O)C(=O)NCC(c2cccn2C)N2CCCCCC2)c1. The maximum atomic E-state index is 12.5. The molecule has 1 aliphatic heterocycles. The minimum atomic E-state index is -0.628. The smallest absolute Gasteiger partial charge is 0.313 e. The van der Waals surface area contributed by atoms with Crippen molar-refractivity contribution < 1.29 is 9.59 Å². The van der Waals surface area contributed by atoms with Crippen LogP contribution in [0.2, 0.25) is 0 Å². The second kappa shape index (κ2) is 9.74. The summed E-state index contributed by atoms with van der Waals surface area (Å²) in [6, 6.07) is 9.93. The molecule has 1 aromatic heterocycles. The highest BCUT2D eigenvalue weighted by Crippen LogP contribution is 2.24. The number of likely N-dealkylation sites (tertiary alicyclic amines) is 1.